The molecule has 2 aromatic heterocycles. The number of thiophene rings is 1. The molecule has 1 aliphatic heterocycles. The number of carbonyl (C=O) groups excluding carboxylic acids is 1. The average molecular weight is 382 g/mol. The predicted octanol–water partition coefficient (Wildman–Crippen LogP) is 4.10. The highest BCUT2D eigenvalue weighted by Crippen LogP contribution is 2.43. The Labute approximate surface area is 162 Å². The van der Waals surface area contributed by atoms with Gasteiger partial charge in [0.1, 0.15) is 9.71 Å². The number of rotatable bonds is 3. The topological polar surface area (TPSA) is 68.4 Å². The molecule has 0 saturated heterocycles. The Bertz CT molecular complexity index is 1010. The third kappa shape index (κ3) is 3.19. The van der Waals surface area contributed by atoms with Crippen LogP contribution in [0.25, 0.3) is 21.3 Å². The lowest BCUT2D eigenvalue weighted by molar-refractivity contribution is 0.0385. The fraction of sp³-hybridized carbons (Fsp3) is 0.333. The van der Waals surface area contributed by atoms with Gasteiger partial charge in [-0.3, -0.25) is 0 Å². The fourth-order valence-corrected chi connectivity index (χ4v) is 4.61. The molecule has 3 heterocycles. The van der Waals surface area contributed by atoms with Gasteiger partial charge in [0.05, 0.1) is 11.8 Å². The molecule has 0 aliphatic carbocycles. The van der Waals surface area contributed by atoms with Gasteiger partial charge in [0.15, 0.2) is 0 Å². The molecule has 2 N–H and O–H groups in total. The Morgan fingerprint density at radius 2 is 2.04 bits per heavy atom. The van der Waals surface area contributed by atoms with Crippen LogP contribution in [0.4, 0.5) is 5.69 Å². The molecule has 0 unspecified atom stereocenters. The first-order valence-electron chi connectivity index (χ1n) is 9.14. The Morgan fingerprint density at radius 1 is 1.30 bits per heavy atom. The van der Waals surface area contributed by atoms with Crippen molar-refractivity contribution in [3.8, 4) is 11.1 Å². The van der Waals surface area contributed by atoms with E-state index in [-0.39, 0.29) is 12.1 Å². The molecule has 140 valence electrons. The number of hydrogen-bond acceptors (Lipinski definition) is 6. The fourth-order valence-electron chi connectivity index (χ4n) is 3.60. The summed E-state index contributed by atoms with van der Waals surface area (Å²) in [5.41, 5.74) is 11.5. The molecule has 6 heteroatoms. The monoisotopic (exact) mass is 381 g/mol. The van der Waals surface area contributed by atoms with E-state index < -0.39 is 0 Å². The number of anilines is 1. The molecular formula is C21H23N3O2S. The number of pyridine rings is 1. The van der Waals surface area contributed by atoms with E-state index in [4.69, 9.17) is 15.5 Å². The van der Waals surface area contributed by atoms with Gasteiger partial charge in [-0.1, -0.05) is 30.3 Å². The summed E-state index contributed by atoms with van der Waals surface area (Å²) in [5, 5.41) is 0.871. The normalized spacial score (nSPS) is 14.5. The zero-order valence-electron chi connectivity index (χ0n) is 15.8. The third-order valence-corrected chi connectivity index (χ3v) is 5.89. The summed E-state index contributed by atoms with van der Waals surface area (Å²) in [7, 11) is 2.12. The molecular weight excluding hydrogens is 358 g/mol. The quantitative estimate of drug-likeness (QED) is 0.692. The molecule has 0 saturated carbocycles. The number of aromatic nitrogens is 1. The van der Waals surface area contributed by atoms with Crippen LogP contribution in [0.15, 0.2) is 30.3 Å². The summed E-state index contributed by atoms with van der Waals surface area (Å²) < 4.78 is 5.39. The highest BCUT2D eigenvalue weighted by atomic mass is 32.1. The minimum atomic E-state index is -0.375. The lowest BCUT2D eigenvalue weighted by Gasteiger charge is -2.27. The van der Waals surface area contributed by atoms with Crippen LogP contribution in [-0.2, 0) is 17.7 Å². The van der Waals surface area contributed by atoms with Gasteiger partial charge in [-0.05, 0) is 32.0 Å². The van der Waals surface area contributed by atoms with E-state index in [9.17, 15) is 4.79 Å². The van der Waals surface area contributed by atoms with E-state index in [1.54, 1.807) is 0 Å². The standard InChI is InChI=1S/C21H23N3O2S/c1-12(2)26-21(25)19-18(22)17-16(13-7-5-4-6-8-13)14-11-24(3)10-9-15(14)23-20(17)27-19/h4-8,12H,9-11,22H2,1-3H3. The number of hydrogen-bond donors (Lipinski definition) is 1. The van der Waals surface area contributed by atoms with E-state index in [1.165, 1.54) is 16.9 Å². The zero-order valence-corrected chi connectivity index (χ0v) is 16.6. The van der Waals surface area contributed by atoms with Crippen LogP contribution in [0.2, 0.25) is 0 Å². The van der Waals surface area contributed by atoms with Crippen molar-refractivity contribution in [2.24, 2.45) is 0 Å². The lowest BCUT2D eigenvalue weighted by atomic mass is 9.92. The highest BCUT2D eigenvalue weighted by Gasteiger charge is 2.27. The first-order valence-corrected chi connectivity index (χ1v) is 9.96. The smallest absolute Gasteiger partial charge is 0.350 e. The van der Waals surface area contributed by atoms with Crippen molar-refractivity contribution in [3.63, 3.8) is 0 Å². The third-order valence-electron chi connectivity index (χ3n) is 4.81. The van der Waals surface area contributed by atoms with Gasteiger partial charge in [0.25, 0.3) is 0 Å². The Morgan fingerprint density at radius 3 is 2.74 bits per heavy atom. The molecule has 5 nitrogen and oxygen atoms in total. The number of fused-ring (bicyclic) bond motifs is 2. The molecule has 1 aliphatic rings. The molecule has 0 bridgehead atoms. The van der Waals surface area contributed by atoms with Gasteiger partial charge in [0.2, 0.25) is 0 Å². The number of carbonyl (C=O) groups is 1. The van der Waals surface area contributed by atoms with Crippen molar-refractivity contribution in [1.82, 2.24) is 9.88 Å². The summed E-state index contributed by atoms with van der Waals surface area (Å²) in [4.78, 5) is 21.0. The van der Waals surface area contributed by atoms with Crippen molar-refractivity contribution in [1.29, 1.82) is 0 Å². The number of nitrogen functional groups attached to an aromatic ring is 1. The summed E-state index contributed by atoms with van der Waals surface area (Å²) in [6, 6.07) is 10.2. The molecule has 4 rings (SSSR count). The number of likely N-dealkylation sites (N-methyl/N-ethyl adjacent to an activating group) is 1. The Kier molecular flexibility index (Phi) is 4.61. The summed E-state index contributed by atoms with van der Waals surface area (Å²) in [6.07, 6.45) is 0.705. The van der Waals surface area contributed by atoms with E-state index in [1.807, 2.05) is 32.0 Å². The van der Waals surface area contributed by atoms with Crippen LogP contribution in [0, 0.1) is 0 Å². The average Bonchev–Trinajstić information content (AvgIpc) is 2.96. The van der Waals surface area contributed by atoms with Gasteiger partial charge in [-0.15, -0.1) is 11.3 Å². The van der Waals surface area contributed by atoms with Gasteiger partial charge in [0, 0.05) is 36.2 Å². The van der Waals surface area contributed by atoms with Crippen LogP contribution >= 0.6 is 11.3 Å². The van der Waals surface area contributed by atoms with Crippen LogP contribution < -0.4 is 5.73 Å². The number of nitrogens with zero attached hydrogens (tertiary/aromatic N) is 2. The Hall–Kier alpha value is -2.44. The van der Waals surface area contributed by atoms with Crippen molar-refractivity contribution < 1.29 is 9.53 Å². The van der Waals surface area contributed by atoms with E-state index >= 15 is 0 Å². The second-order valence-corrected chi connectivity index (χ2v) is 8.24. The molecule has 27 heavy (non-hydrogen) atoms. The van der Waals surface area contributed by atoms with Crippen molar-refractivity contribution in [2.45, 2.75) is 32.9 Å². The molecule has 0 fully saturated rings. The predicted molar refractivity (Wildman–Crippen MR) is 110 cm³/mol. The van der Waals surface area contributed by atoms with Crippen molar-refractivity contribution in [2.75, 3.05) is 19.3 Å². The second-order valence-electron chi connectivity index (χ2n) is 7.24. The summed E-state index contributed by atoms with van der Waals surface area (Å²) >= 11 is 1.33. The number of ether oxygens (including phenoxy) is 1. The van der Waals surface area contributed by atoms with Crippen molar-refractivity contribution in [3.05, 3.63) is 46.5 Å². The molecule has 0 amide bonds. The summed E-state index contributed by atoms with van der Waals surface area (Å²) in [5.74, 6) is -0.375. The molecule has 0 spiro atoms. The van der Waals surface area contributed by atoms with Crippen LogP contribution in [0.5, 0.6) is 0 Å². The second kappa shape index (κ2) is 6.94. The van der Waals surface area contributed by atoms with E-state index in [0.717, 1.165) is 46.5 Å². The highest BCUT2D eigenvalue weighted by molar-refractivity contribution is 7.21. The van der Waals surface area contributed by atoms with Gasteiger partial charge >= 0.3 is 5.97 Å². The van der Waals surface area contributed by atoms with Gasteiger partial charge in [-0.2, -0.15) is 0 Å². The number of esters is 1. The first-order chi connectivity index (χ1) is 13.0. The maximum Gasteiger partial charge on any atom is 0.350 e. The van der Waals surface area contributed by atoms with Crippen LogP contribution in [0.3, 0.4) is 0 Å². The van der Waals surface area contributed by atoms with Crippen molar-refractivity contribution >= 4 is 33.2 Å². The minimum absolute atomic E-state index is 0.189. The largest absolute Gasteiger partial charge is 0.459 e. The summed E-state index contributed by atoms with van der Waals surface area (Å²) in [6.45, 7) is 5.47. The molecule has 0 atom stereocenters. The SMILES string of the molecule is CC(C)OC(=O)c1sc2nc3c(c(-c4ccccc4)c2c1N)CN(C)CC3. The van der Waals surface area contributed by atoms with Gasteiger partial charge in [-0.25, -0.2) is 9.78 Å². The maximum absolute atomic E-state index is 12.5. The molecule has 1 aromatic carbocycles. The first kappa shape index (κ1) is 17.9. The van der Waals surface area contributed by atoms with E-state index in [2.05, 4.69) is 24.1 Å². The van der Waals surface area contributed by atoms with E-state index in [0.29, 0.717) is 10.6 Å². The number of benzene rings is 1. The number of nitrogens with two attached hydrogens (primary N) is 1. The zero-order chi connectivity index (χ0) is 19.1. The molecule has 0 radical (unpaired) electrons. The Balaban J connectivity index is 2.00. The lowest BCUT2D eigenvalue weighted by Crippen LogP contribution is -2.27. The maximum atomic E-state index is 12.5. The minimum Gasteiger partial charge on any atom is -0.459 e. The van der Waals surface area contributed by atoms with Crippen LogP contribution in [0.1, 0.15) is 34.8 Å². The van der Waals surface area contributed by atoms with Gasteiger partial charge < -0.3 is 15.4 Å². The van der Waals surface area contributed by atoms with Crippen LogP contribution in [-0.4, -0.2) is 35.5 Å². The molecule has 3 aromatic rings.